The number of rotatable bonds is 7. The Kier molecular flexibility index (Phi) is 7.07. The molecule has 0 heterocycles. The van der Waals surface area contributed by atoms with Crippen molar-refractivity contribution >= 4 is 23.5 Å². The minimum atomic E-state index is -0.690. The molecule has 0 spiro atoms. The van der Waals surface area contributed by atoms with Gasteiger partial charge in [0.25, 0.3) is 5.91 Å². The topological polar surface area (TPSA) is 100 Å². The zero-order valence-electron chi connectivity index (χ0n) is 17.7. The number of hydrogen-bond donors (Lipinski definition) is 1. The van der Waals surface area contributed by atoms with Gasteiger partial charge in [0.05, 0.1) is 38.0 Å². The summed E-state index contributed by atoms with van der Waals surface area (Å²) in [7, 11) is 3.94. The van der Waals surface area contributed by atoms with Crippen LogP contribution in [0.2, 0.25) is 0 Å². The number of ether oxygens (including phenoxy) is 4. The van der Waals surface area contributed by atoms with Crippen molar-refractivity contribution in [3.05, 3.63) is 83.4 Å². The van der Waals surface area contributed by atoms with Crippen molar-refractivity contribution in [2.75, 3.05) is 26.6 Å². The maximum atomic E-state index is 12.5. The minimum Gasteiger partial charge on any atom is -0.496 e. The maximum absolute atomic E-state index is 12.5. The third-order valence-electron chi connectivity index (χ3n) is 4.50. The average molecular weight is 435 g/mol. The lowest BCUT2D eigenvalue weighted by atomic mass is 10.1. The van der Waals surface area contributed by atoms with Crippen molar-refractivity contribution < 1.29 is 33.3 Å². The van der Waals surface area contributed by atoms with E-state index >= 15 is 0 Å². The van der Waals surface area contributed by atoms with Crippen LogP contribution in [0.25, 0.3) is 0 Å². The predicted octanol–water partition coefficient (Wildman–Crippen LogP) is 4.31. The van der Waals surface area contributed by atoms with Crippen molar-refractivity contribution in [3.63, 3.8) is 0 Å². The van der Waals surface area contributed by atoms with E-state index in [0.717, 1.165) is 0 Å². The van der Waals surface area contributed by atoms with E-state index in [1.54, 1.807) is 48.5 Å². The zero-order valence-corrected chi connectivity index (χ0v) is 17.7. The normalized spacial score (nSPS) is 10.1. The first-order valence-corrected chi connectivity index (χ1v) is 9.49. The van der Waals surface area contributed by atoms with Gasteiger partial charge in [-0.3, -0.25) is 4.79 Å². The number of esters is 2. The Morgan fingerprint density at radius 3 is 1.97 bits per heavy atom. The van der Waals surface area contributed by atoms with Gasteiger partial charge in [-0.05, 0) is 54.6 Å². The van der Waals surface area contributed by atoms with Crippen LogP contribution in [0.4, 0.5) is 5.69 Å². The fourth-order valence-electron chi connectivity index (χ4n) is 2.93. The van der Waals surface area contributed by atoms with E-state index in [1.807, 2.05) is 0 Å². The fraction of sp³-hybridized carbons (Fsp3) is 0.125. The molecular weight excluding hydrogens is 414 g/mol. The van der Waals surface area contributed by atoms with Gasteiger partial charge in [-0.1, -0.05) is 12.1 Å². The second-order valence-electron chi connectivity index (χ2n) is 6.47. The van der Waals surface area contributed by atoms with Crippen molar-refractivity contribution in [2.45, 2.75) is 0 Å². The minimum absolute atomic E-state index is 0.0255. The highest BCUT2D eigenvalue weighted by molar-refractivity contribution is 6.06. The number of carbonyl (C=O) groups is 3. The highest BCUT2D eigenvalue weighted by Gasteiger charge is 2.19. The van der Waals surface area contributed by atoms with Crippen LogP contribution < -0.4 is 14.8 Å². The van der Waals surface area contributed by atoms with Gasteiger partial charge in [0, 0.05) is 5.69 Å². The van der Waals surface area contributed by atoms with Crippen LogP contribution in [0, 0.1) is 0 Å². The third kappa shape index (κ3) is 5.04. The number of methoxy groups -OCH3 is 3. The summed E-state index contributed by atoms with van der Waals surface area (Å²) in [5.74, 6) is -0.401. The molecule has 1 N–H and O–H groups in total. The van der Waals surface area contributed by atoms with E-state index in [9.17, 15) is 14.4 Å². The Morgan fingerprint density at radius 2 is 1.31 bits per heavy atom. The Morgan fingerprint density at radius 1 is 0.688 bits per heavy atom. The molecule has 0 unspecified atom stereocenters. The second-order valence-corrected chi connectivity index (χ2v) is 6.47. The lowest BCUT2D eigenvalue weighted by Crippen LogP contribution is -2.13. The van der Waals surface area contributed by atoms with E-state index < -0.39 is 11.9 Å². The SMILES string of the molecule is COC(=O)c1ccc(Oc2ccc(NC(=O)c3ccccc3OC)cc2)cc1C(=O)OC. The molecule has 3 rings (SSSR count). The second kappa shape index (κ2) is 10.1. The summed E-state index contributed by atoms with van der Waals surface area (Å²) in [6, 6.07) is 17.9. The van der Waals surface area contributed by atoms with E-state index in [1.165, 1.54) is 39.5 Å². The van der Waals surface area contributed by atoms with Crippen LogP contribution in [-0.2, 0) is 9.47 Å². The summed E-state index contributed by atoms with van der Waals surface area (Å²) in [6.07, 6.45) is 0. The number of carbonyl (C=O) groups excluding carboxylic acids is 3. The summed E-state index contributed by atoms with van der Waals surface area (Å²) in [4.78, 5) is 36.4. The van der Waals surface area contributed by atoms with E-state index in [0.29, 0.717) is 28.5 Å². The molecule has 32 heavy (non-hydrogen) atoms. The smallest absolute Gasteiger partial charge is 0.338 e. The molecule has 164 valence electrons. The highest BCUT2D eigenvalue weighted by atomic mass is 16.5. The van der Waals surface area contributed by atoms with Crippen LogP contribution >= 0.6 is 0 Å². The van der Waals surface area contributed by atoms with Gasteiger partial charge in [-0.15, -0.1) is 0 Å². The summed E-state index contributed by atoms with van der Waals surface area (Å²) < 4.78 is 20.4. The van der Waals surface area contributed by atoms with Crippen molar-refractivity contribution in [3.8, 4) is 17.2 Å². The van der Waals surface area contributed by atoms with Crippen LogP contribution in [0.3, 0.4) is 0 Å². The Hall–Kier alpha value is -4.33. The largest absolute Gasteiger partial charge is 0.496 e. The monoisotopic (exact) mass is 435 g/mol. The Balaban J connectivity index is 1.75. The summed E-state index contributed by atoms with van der Waals surface area (Å²) >= 11 is 0. The molecule has 0 aromatic heterocycles. The van der Waals surface area contributed by atoms with Gasteiger partial charge >= 0.3 is 11.9 Å². The molecule has 0 bridgehead atoms. The van der Waals surface area contributed by atoms with E-state index in [2.05, 4.69) is 5.32 Å². The lowest BCUT2D eigenvalue weighted by molar-refractivity contribution is 0.0555. The first kappa shape index (κ1) is 22.4. The van der Waals surface area contributed by atoms with Gasteiger partial charge in [-0.2, -0.15) is 0 Å². The highest BCUT2D eigenvalue weighted by Crippen LogP contribution is 2.27. The molecule has 0 fully saturated rings. The molecule has 8 heteroatoms. The number of benzene rings is 3. The quantitative estimate of drug-likeness (QED) is 0.552. The molecule has 0 radical (unpaired) electrons. The number of nitrogens with one attached hydrogen (secondary N) is 1. The van der Waals surface area contributed by atoms with Gasteiger partial charge in [0.2, 0.25) is 0 Å². The molecule has 0 aliphatic heterocycles. The van der Waals surface area contributed by atoms with Gasteiger partial charge in [-0.25, -0.2) is 9.59 Å². The molecule has 1 amide bonds. The van der Waals surface area contributed by atoms with Crippen LogP contribution in [0.15, 0.2) is 66.7 Å². The lowest BCUT2D eigenvalue weighted by Gasteiger charge is -2.11. The molecular formula is C24H21NO7. The molecule has 8 nitrogen and oxygen atoms in total. The standard InChI is InChI=1S/C24H21NO7/c1-29-21-7-5-4-6-19(21)22(26)25-15-8-10-16(11-9-15)32-17-12-13-18(23(27)30-2)20(14-17)24(28)31-3/h4-14H,1-3H3,(H,25,26). The van der Waals surface area contributed by atoms with E-state index in [4.69, 9.17) is 18.9 Å². The molecule has 0 aliphatic rings. The summed E-state index contributed by atoms with van der Waals surface area (Å²) in [5.41, 5.74) is 1.07. The van der Waals surface area contributed by atoms with Crippen LogP contribution in [0.5, 0.6) is 17.2 Å². The molecule has 3 aromatic carbocycles. The fourth-order valence-corrected chi connectivity index (χ4v) is 2.93. The van der Waals surface area contributed by atoms with Crippen LogP contribution in [-0.4, -0.2) is 39.2 Å². The first-order valence-electron chi connectivity index (χ1n) is 9.49. The maximum Gasteiger partial charge on any atom is 0.338 e. The van der Waals surface area contributed by atoms with Crippen molar-refractivity contribution in [1.82, 2.24) is 0 Å². The number of hydrogen-bond acceptors (Lipinski definition) is 7. The first-order chi connectivity index (χ1) is 15.5. The van der Waals surface area contributed by atoms with Gasteiger partial charge < -0.3 is 24.3 Å². The van der Waals surface area contributed by atoms with Crippen molar-refractivity contribution in [2.24, 2.45) is 0 Å². The van der Waals surface area contributed by atoms with Crippen molar-refractivity contribution in [1.29, 1.82) is 0 Å². The van der Waals surface area contributed by atoms with Gasteiger partial charge in [0.15, 0.2) is 0 Å². The van der Waals surface area contributed by atoms with Crippen LogP contribution in [0.1, 0.15) is 31.1 Å². The summed E-state index contributed by atoms with van der Waals surface area (Å²) in [5, 5.41) is 2.79. The Bertz CT molecular complexity index is 1140. The molecule has 0 atom stereocenters. The molecule has 0 aliphatic carbocycles. The third-order valence-corrected chi connectivity index (χ3v) is 4.50. The average Bonchev–Trinajstić information content (AvgIpc) is 2.84. The number of anilines is 1. The molecule has 0 saturated carbocycles. The Labute approximate surface area is 184 Å². The number of amides is 1. The predicted molar refractivity (Wildman–Crippen MR) is 117 cm³/mol. The molecule has 3 aromatic rings. The number of para-hydroxylation sites is 1. The molecule has 0 saturated heterocycles. The van der Waals surface area contributed by atoms with E-state index in [-0.39, 0.29) is 17.0 Å². The summed E-state index contributed by atoms with van der Waals surface area (Å²) in [6.45, 7) is 0. The zero-order chi connectivity index (χ0) is 23.1. The van der Waals surface area contributed by atoms with Gasteiger partial charge in [0.1, 0.15) is 17.2 Å².